The number of imide groups is 2. The average Bonchev–Trinajstić information content (AvgIpc) is 2.55. The molecule has 4 N–H and O–H groups in total. The van der Waals surface area contributed by atoms with E-state index in [1.807, 2.05) is 24.5 Å². The van der Waals surface area contributed by atoms with Crippen LogP contribution in [-0.2, 0) is 9.59 Å². The van der Waals surface area contributed by atoms with Crippen molar-refractivity contribution in [3.05, 3.63) is 35.4 Å². The Hall–Kier alpha value is -2.87. The molecule has 1 saturated heterocycles. The van der Waals surface area contributed by atoms with Gasteiger partial charge in [-0.15, -0.1) is 0 Å². The van der Waals surface area contributed by atoms with E-state index in [2.05, 4.69) is 0 Å². The highest BCUT2D eigenvalue weighted by molar-refractivity contribution is 6.21. The number of Topliss-reactive ketones (excluding diaryl/α,β-unsaturated/α-hetero) is 2. The molecule has 136 valence electrons. The first kappa shape index (κ1) is 22.1. The summed E-state index contributed by atoms with van der Waals surface area (Å²) in [4.78, 5) is 54.1. The molecule has 2 rings (SSSR count). The van der Waals surface area contributed by atoms with Crippen molar-refractivity contribution in [2.75, 3.05) is 0 Å². The predicted octanol–water partition coefficient (Wildman–Crippen LogP) is 1.19. The second-order valence-electron chi connectivity index (χ2n) is 5.10. The number of urea groups is 1. The summed E-state index contributed by atoms with van der Waals surface area (Å²) in [5.74, 6) is -1.71. The molecule has 1 heterocycles. The fourth-order valence-electron chi connectivity index (χ4n) is 1.70. The number of barbiturate groups is 1. The number of nitrogens with one attached hydrogen (secondary N) is 2. The topological polar surface area (TPSA) is 135 Å². The second-order valence-corrected chi connectivity index (χ2v) is 5.10. The molecule has 0 atom stereocenters. The zero-order chi connectivity index (χ0) is 19.8. The van der Waals surface area contributed by atoms with Gasteiger partial charge in [0.15, 0.2) is 17.1 Å². The molecule has 0 saturated carbocycles. The van der Waals surface area contributed by atoms with Gasteiger partial charge in [-0.3, -0.25) is 29.8 Å². The van der Waals surface area contributed by atoms with Crippen LogP contribution in [0.2, 0.25) is 0 Å². The van der Waals surface area contributed by atoms with Crippen molar-refractivity contribution in [2.45, 2.75) is 40.2 Å². The Morgan fingerprint density at radius 2 is 1.20 bits per heavy atom. The average molecular weight is 349 g/mol. The number of hydrogen-bond acceptors (Lipinski definition) is 6. The number of hydrogen-bond donors (Lipinski definition) is 3. The first-order valence-corrected chi connectivity index (χ1v) is 7.64. The summed E-state index contributed by atoms with van der Waals surface area (Å²) in [7, 11) is 0. The largest absolute Gasteiger partial charge is 0.328 e. The van der Waals surface area contributed by atoms with Crippen LogP contribution >= 0.6 is 0 Å². The van der Waals surface area contributed by atoms with Crippen LogP contribution in [0.1, 0.15) is 55.3 Å². The van der Waals surface area contributed by atoms with Gasteiger partial charge in [-0.25, -0.2) is 4.79 Å². The molecule has 1 aromatic carbocycles. The van der Waals surface area contributed by atoms with Gasteiger partial charge in [-0.2, -0.15) is 0 Å². The summed E-state index contributed by atoms with van der Waals surface area (Å²) in [6.45, 7) is 8.15. The van der Waals surface area contributed by atoms with Crippen molar-refractivity contribution in [1.29, 1.82) is 0 Å². The maximum absolute atomic E-state index is 11.0. The molecule has 0 aliphatic carbocycles. The predicted molar refractivity (Wildman–Crippen MR) is 92.1 cm³/mol. The molecule has 0 bridgehead atoms. The maximum atomic E-state index is 11.0. The summed E-state index contributed by atoms with van der Waals surface area (Å²) in [5.41, 5.74) is 4.62. The van der Waals surface area contributed by atoms with Crippen LogP contribution in [0.5, 0.6) is 0 Å². The molecule has 0 spiro atoms. The van der Waals surface area contributed by atoms with Crippen molar-refractivity contribution >= 4 is 29.4 Å². The summed E-state index contributed by atoms with van der Waals surface area (Å²) in [5, 5.41) is 3.73. The highest BCUT2D eigenvalue weighted by Crippen LogP contribution is 2.09. The van der Waals surface area contributed by atoms with Gasteiger partial charge >= 0.3 is 6.03 Å². The minimum atomic E-state index is -1.64. The highest BCUT2D eigenvalue weighted by atomic mass is 16.2. The zero-order valence-corrected chi connectivity index (χ0v) is 14.9. The molecular formula is C17H23N3O5. The summed E-state index contributed by atoms with van der Waals surface area (Å²) in [6.07, 6.45) is 0. The number of nitrogens with two attached hydrogens (primary N) is 1. The lowest BCUT2D eigenvalue weighted by molar-refractivity contribution is -0.136. The normalized spacial score (nSPS) is 14.7. The summed E-state index contributed by atoms with van der Waals surface area (Å²) >= 11 is 0. The van der Waals surface area contributed by atoms with Gasteiger partial charge in [0, 0.05) is 11.1 Å². The lowest BCUT2D eigenvalue weighted by atomic mass is 10.0. The van der Waals surface area contributed by atoms with Gasteiger partial charge in [0.05, 0.1) is 0 Å². The quantitative estimate of drug-likeness (QED) is 0.542. The first-order valence-electron chi connectivity index (χ1n) is 7.64. The van der Waals surface area contributed by atoms with Crippen molar-refractivity contribution in [3.8, 4) is 0 Å². The molecule has 8 nitrogen and oxygen atoms in total. The third-order valence-electron chi connectivity index (χ3n) is 3.08. The van der Waals surface area contributed by atoms with E-state index >= 15 is 0 Å². The second kappa shape index (κ2) is 9.43. The van der Waals surface area contributed by atoms with Gasteiger partial charge in [0.2, 0.25) is 0 Å². The molecule has 1 fully saturated rings. The van der Waals surface area contributed by atoms with Crippen LogP contribution in [0.4, 0.5) is 4.79 Å². The molecule has 1 aliphatic heterocycles. The van der Waals surface area contributed by atoms with Gasteiger partial charge < -0.3 is 5.73 Å². The first-order chi connectivity index (χ1) is 11.6. The molecular weight excluding hydrogens is 326 g/mol. The third kappa shape index (κ3) is 5.92. The smallest absolute Gasteiger partial charge is 0.310 e. The van der Waals surface area contributed by atoms with Crippen molar-refractivity contribution in [3.63, 3.8) is 0 Å². The number of amides is 4. The van der Waals surface area contributed by atoms with E-state index in [0.717, 1.165) is 0 Å². The summed E-state index contributed by atoms with van der Waals surface area (Å²) < 4.78 is 0. The number of ketones is 2. The highest BCUT2D eigenvalue weighted by Gasteiger charge is 2.42. The number of carbonyl (C=O) groups is 5. The van der Waals surface area contributed by atoms with Crippen LogP contribution in [0.25, 0.3) is 0 Å². The van der Waals surface area contributed by atoms with Crippen molar-refractivity contribution in [2.24, 2.45) is 5.73 Å². The van der Waals surface area contributed by atoms with Crippen LogP contribution in [0.15, 0.2) is 24.3 Å². The Kier molecular flexibility index (Phi) is 8.35. The van der Waals surface area contributed by atoms with Crippen molar-refractivity contribution < 1.29 is 24.0 Å². The molecule has 8 heteroatoms. The lowest BCUT2D eigenvalue weighted by Gasteiger charge is -2.25. The Labute approximate surface area is 146 Å². The SMILES string of the molecule is CC.CC(=O)c1ccccc1C(C)=O.CC1(N)C(=O)NC(=O)NC1=O. The molecule has 0 aromatic heterocycles. The Bertz CT molecular complexity index is 640. The molecule has 4 amide bonds. The van der Waals surface area contributed by atoms with Crippen LogP contribution in [0, 0.1) is 0 Å². The van der Waals surface area contributed by atoms with E-state index in [1.165, 1.54) is 20.8 Å². The Morgan fingerprint density at radius 3 is 1.48 bits per heavy atom. The molecule has 1 aliphatic rings. The number of carbonyl (C=O) groups excluding carboxylic acids is 5. The minimum Gasteiger partial charge on any atom is -0.310 e. The minimum absolute atomic E-state index is 0.0687. The number of rotatable bonds is 2. The lowest BCUT2D eigenvalue weighted by Crippen LogP contribution is -2.69. The fraction of sp³-hybridized carbons (Fsp3) is 0.353. The fourth-order valence-corrected chi connectivity index (χ4v) is 1.70. The Balaban J connectivity index is 0.000000421. The standard InChI is InChI=1S/C10H10O2.C5H7N3O3.C2H6/c1-7(11)9-5-3-4-6-10(9)8(2)12;1-5(6)2(9)7-4(11)8-3(5)10;1-2/h3-6H,1-2H3;6H2,1H3,(H2,7,8,9,10,11);1-2H3. The maximum Gasteiger partial charge on any atom is 0.328 e. The van der Waals surface area contributed by atoms with E-state index in [-0.39, 0.29) is 11.6 Å². The molecule has 0 unspecified atom stereocenters. The van der Waals surface area contributed by atoms with E-state index in [1.54, 1.807) is 24.3 Å². The molecule has 1 aromatic rings. The van der Waals surface area contributed by atoms with E-state index in [4.69, 9.17) is 5.73 Å². The van der Waals surface area contributed by atoms with Crippen LogP contribution in [0.3, 0.4) is 0 Å². The zero-order valence-electron chi connectivity index (χ0n) is 14.9. The third-order valence-corrected chi connectivity index (χ3v) is 3.08. The van der Waals surface area contributed by atoms with Crippen LogP contribution < -0.4 is 16.4 Å². The van der Waals surface area contributed by atoms with Gasteiger partial charge in [-0.05, 0) is 20.8 Å². The number of benzene rings is 1. The summed E-state index contributed by atoms with van der Waals surface area (Å²) in [6, 6.07) is 6.01. The molecule has 25 heavy (non-hydrogen) atoms. The van der Waals surface area contributed by atoms with E-state index < -0.39 is 23.4 Å². The molecule has 0 radical (unpaired) electrons. The van der Waals surface area contributed by atoms with E-state index in [0.29, 0.717) is 11.1 Å². The van der Waals surface area contributed by atoms with Gasteiger partial charge in [0.25, 0.3) is 11.8 Å². The monoisotopic (exact) mass is 349 g/mol. The van der Waals surface area contributed by atoms with Gasteiger partial charge in [0.1, 0.15) is 0 Å². The van der Waals surface area contributed by atoms with E-state index in [9.17, 15) is 24.0 Å². The Morgan fingerprint density at radius 1 is 0.880 bits per heavy atom. The van der Waals surface area contributed by atoms with Crippen LogP contribution in [-0.4, -0.2) is 35.0 Å². The van der Waals surface area contributed by atoms with Gasteiger partial charge in [-0.1, -0.05) is 38.1 Å². The van der Waals surface area contributed by atoms with Crippen molar-refractivity contribution in [1.82, 2.24) is 10.6 Å².